The van der Waals surface area contributed by atoms with Crippen LogP contribution in [-0.2, 0) is 4.79 Å². The number of rotatable bonds is 5. The minimum absolute atomic E-state index is 0.00500. The highest BCUT2D eigenvalue weighted by molar-refractivity contribution is 9.10. The van der Waals surface area contributed by atoms with E-state index >= 15 is 0 Å². The predicted octanol–water partition coefficient (Wildman–Crippen LogP) is 5.79. The number of benzene rings is 2. The van der Waals surface area contributed by atoms with E-state index in [0.717, 1.165) is 15.7 Å². The second-order valence-corrected chi connectivity index (χ2v) is 8.70. The third-order valence-corrected chi connectivity index (χ3v) is 6.01. The van der Waals surface area contributed by atoms with Crippen molar-refractivity contribution in [3.05, 3.63) is 56.9 Å². The van der Waals surface area contributed by atoms with Crippen molar-refractivity contribution in [2.75, 3.05) is 14.2 Å². The molecule has 7 heteroatoms. The molecule has 1 fully saturated rings. The number of carbonyl (C=O) groups excluding carboxylic acids is 1. The van der Waals surface area contributed by atoms with Crippen molar-refractivity contribution in [1.29, 1.82) is 0 Å². The number of nitrogens with zero attached hydrogens (tertiary/aromatic N) is 2. The molecule has 0 bridgehead atoms. The first-order valence-corrected chi connectivity index (χ1v) is 10.7. The Kier molecular flexibility index (Phi) is 6.70. The fraction of sp³-hybridized carbons (Fsp3) is 0.273. The molecule has 0 atom stereocenters. The minimum atomic E-state index is -0.0649. The van der Waals surface area contributed by atoms with Crippen LogP contribution in [0, 0.1) is 6.92 Å². The second kappa shape index (κ2) is 9.05. The highest BCUT2D eigenvalue weighted by Crippen LogP contribution is 2.39. The van der Waals surface area contributed by atoms with E-state index in [4.69, 9.17) is 14.5 Å². The molecule has 0 N–H and O–H groups in total. The quantitative estimate of drug-likeness (QED) is 0.514. The zero-order valence-corrected chi connectivity index (χ0v) is 19.4. The van der Waals surface area contributed by atoms with Gasteiger partial charge < -0.3 is 9.47 Å². The number of aryl methyl sites for hydroxylation is 1. The molecule has 1 saturated heterocycles. The predicted molar refractivity (Wildman–Crippen MR) is 123 cm³/mol. The standard InChI is InChI=1S/C22H23BrN2O3S/c1-13(2)25-21(26)20(29-22(25)24-16-8-6-14(3)7-9-16)11-15-10-17(23)19(28-5)12-18(15)27-4/h6-13H,1-5H3/b20-11+,24-22?. The zero-order chi connectivity index (χ0) is 21.1. The van der Waals surface area contributed by atoms with E-state index < -0.39 is 0 Å². The van der Waals surface area contributed by atoms with Gasteiger partial charge in [0.2, 0.25) is 0 Å². The average molecular weight is 475 g/mol. The molecular formula is C22H23BrN2O3S. The molecule has 0 unspecified atom stereocenters. The Bertz CT molecular complexity index is 984. The van der Waals surface area contributed by atoms with Gasteiger partial charge in [0, 0.05) is 17.7 Å². The molecule has 0 spiro atoms. The van der Waals surface area contributed by atoms with Crippen LogP contribution < -0.4 is 9.47 Å². The first-order valence-electron chi connectivity index (χ1n) is 9.14. The van der Waals surface area contributed by atoms with Crippen molar-refractivity contribution in [3.63, 3.8) is 0 Å². The smallest absolute Gasteiger partial charge is 0.266 e. The van der Waals surface area contributed by atoms with Gasteiger partial charge in [0.1, 0.15) is 11.5 Å². The number of carbonyl (C=O) groups is 1. The molecule has 1 heterocycles. The number of hydrogen-bond acceptors (Lipinski definition) is 5. The summed E-state index contributed by atoms with van der Waals surface area (Å²) in [6.45, 7) is 6.00. The monoisotopic (exact) mass is 474 g/mol. The summed E-state index contributed by atoms with van der Waals surface area (Å²) in [7, 11) is 3.20. The lowest BCUT2D eigenvalue weighted by Crippen LogP contribution is -2.35. The molecule has 0 aromatic heterocycles. The lowest BCUT2D eigenvalue weighted by atomic mass is 10.1. The van der Waals surface area contributed by atoms with Crippen LogP contribution in [0.5, 0.6) is 11.5 Å². The zero-order valence-electron chi connectivity index (χ0n) is 17.0. The number of thioether (sulfide) groups is 1. The van der Waals surface area contributed by atoms with Crippen LogP contribution >= 0.6 is 27.7 Å². The van der Waals surface area contributed by atoms with Gasteiger partial charge in [-0.2, -0.15) is 0 Å². The molecule has 152 valence electrons. The Morgan fingerprint density at radius 1 is 1.10 bits per heavy atom. The number of aliphatic imine (C=N–C) groups is 1. The van der Waals surface area contributed by atoms with Crippen molar-refractivity contribution in [1.82, 2.24) is 4.90 Å². The van der Waals surface area contributed by atoms with Crippen LogP contribution in [0.3, 0.4) is 0 Å². The molecule has 0 radical (unpaired) electrons. The summed E-state index contributed by atoms with van der Waals surface area (Å²) >= 11 is 4.87. The van der Waals surface area contributed by atoms with Crippen molar-refractivity contribution in [2.24, 2.45) is 4.99 Å². The van der Waals surface area contributed by atoms with Gasteiger partial charge in [0.15, 0.2) is 5.17 Å². The molecule has 1 aliphatic rings. The Labute approximate surface area is 183 Å². The maximum atomic E-state index is 13.1. The third-order valence-electron chi connectivity index (χ3n) is 4.40. The Morgan fingerprint density at radius 2 is 1.76 bits per heavy atom. The summed E-state index contributed by atoms with van der Waals surface area (Å²) in [6, 6.07) is 11.6. The van der Waals surface area contributed by atoms with Crippen LogP contribution in [0.15, 0.2) is 50.8 Å². The van der Waals surface area contributed by atoms with E-state index in [-0.39, 0.29) is 11.9 Å². The Morgan fingerprint density at radius 3 is 2.34 bits per heavy atom. The number of amides is 1. The van der Waals surface area contributed by atoms with Crippen LogP contribution in [0.2, 0.25) is 0 Å². The minimum Gasteiger partial charge on any atom is -0.496 e. The summed E-state index contributed by atoms with van der Waals surface area (Å²) in [4.78, 5) is 20.1. The first kappa shape index (κ1) is 21.5. The molecular weight excluding hydrogens is 452 g/mol. The summed E-state index contributed by atoms with van der Waals surface area (Å²) in [5, 5.41) is 0.673. The number of halogens is 1. The van der Waals surface area contributed by atoms with Crippen molar-refractivity contribution in [3.8, 4) is 11.5 Å². The fourth-order valence-corrected chi connectivity index (χ4v) is 4.52. The average Bonchev–Trinajstić information content (AvgIpc) is 2.99. The summed E-state index contributed by atoms with van der Waals surface area (Å²) in [6.07, 6.45) is 1.84. The van der Waals surface area contributed by atoms with E-state index in [9.17, 15) is 4.79 Å². The Hall–Kier alpha value is -2.25. The number of methoxy groups -OCH3 is 2. The normalized spacial score (nSPS) is 16.9. The number of ether oxygens (including phenoxy) is 2. The Balaban J connectivity index is 2.02. The maximum absolute atomic E-state index is 13.1. The van der Waals surface area contributed by atoms with Gasteiger partial charge in [-0.15, -0.1) is 0 Å². The maximum Gasteiger partial charge on any atom is 0.266 e. The largest absolute Gasteiger partial charge is 0.496 e. The summed E-state index contributed by atoms with van der Waals surface area (Å²) in [5.74, 6) is 1.23. The van der Waals surface area contributed by atoms with Gasteiger partial charge in [0.25, 0.3) is 5.91 Å². The van der Waals surface area contributed by atoms with Gasteiger partial charge >= 0.3 is 0 Å². The molecule has 2 aromatic carbocycles. The SMILES string of the molecule is COc1cc(OC)c(/C=C2/SC(=Nc3ccc(C)cc3)N(C(C)C)C2=O)cc1Br. The van der Waals surface area contributed by atoms with E-state index in [1.807, 2.05) is 57.2 Å². The lowest BCUT2D eigenvalue weighted by Gasteiger charge is -2.19. The van der Waals surface area contributed by atoms with Crippen LogP contribution in [0.4, 0.5) is 5.69 Å². The van der Waals surface area contributed by atoms with Gasteiger partial charge in [-0.25, -0.2) is 4.99 Å². The van der Waals surface area contributed by atoms with E-state index in [1.54, 1.807) is 25.2 Å². The fourth-order valence-electron chi connectivity index (χ4n) is 2.89. The highest BCUT2D eigenvalue weighted by atomic mass is 79.9. The van der Waals surface area contributed by atoms with Gasteiger partial charge in [-0.05, 0) is 72.7 Å². The summed E-state index contributed by atoms with van der Waals surface area (Å²) in [5.41, 5.74) is 2.78. The number of amidine groups is 1. The van der Waals surface area contributed by atoms with Gasteiger partial charge in [0.05, 0.1) is 29.3 Å². The third kappa shape index (κ3) is 4.67. The molecule has 29 heavy (non-hydrogen) atoms. The van der Waals surface area contributed by atoms with Crippen LogP contribution in [0.1, 0.15) is 25.0 Å². The van der Waals surface area contributed by atoms with E-state index in [2.05, 4.69) is 15.9 Å². The highest BCUT2D eigenvalue weighted by Gasteiger charge is 2.35. The summed E-state index contributed by atoms with van der Waals surface area (Å²) < 4.78 is 11.6. The van der Waals surface area contributed by atoms with E-state index in [0.29, 0.717) is 21.6 Å². The lowest BCUT2D eigenvalue weighted by molar-refractivity contribution is -0.123. The molecule has 0 aliphatic carbocycles. The molecule has 5 nitrogen and oxygen atoms in total. The molecule has 1 aliphatic heterocycles. The van der Waals surface area contributed by atoms with E-state index in [1.165, 1.54) is 17.3 Å². The van der Waals surface area contributed by atoms with Crippen LogP contribution in [-0.4, -0.2) is 36.2 Å². The molecule has 1 amide bonds. The van der Waals surface area contributed by atoms with Crippen LogP contribution in [0.25, 0.3) is 6.08 Å². The van der Waals surface area contributed by atoms with Crippen molar-refractivity contribution < 1.29 is 14.3 Å². The number of hydrogen-bond donors (Lipinski definition) is 0. The molecule has 2 aromatic rings. The molecule has 3 rings (SSSR count). The topological polar surface area (TPSA) is 51.1 Å². The first-order chi connectivity index (χ1) is 13.8. The van der Waals surface area contributed by atoms with Gasteiger partial charge in [-0.3, -0.25) is 9.69 Å². The molecule has 0 saturated carbocycles. The van der Waals surface area contributed by atoms with Crippen molar-refractivity contribution in [2.45, 2.75) is 26.8 Å². The van der Waals surface area contributed by atoms with Gasteiger partial charge in [-0.1, -0.05) is 17.7 Å². The van der Waals surface area contributed by atoms with Crippen molar-refractivity contribution >= 4 is 50.5 Å². The second-order valence-electron chi connectivity index (χ2n) is 6.84.